The molecule has 214 valence electrons. The molecule has 5 N–H and O–H groups in total. The Hall–Kier alpha value is -3.61. The number of thioether (sulfide) groups is 2. The quantitative estimate of drug-likeness (QED) is 0.131. The van der Waals surface area contributed by atoms with E-state index in [-0.39, 0.29) is 29.2 Å². The maximum atomic E-state index is 12.9. The predicted octanol–water partition coefficient (Wildman–Crippen LogP) is 0.950. The molecule has 18 heteroatoms. The molecule has 2 aliphatic rings. The Morgan fingerprint density at radius 3 is 2.75 bits per heavy atom. The highest BCUT2D eigenvalue weighted by Gasteiger charge is 2.54. The molecule has 40 heavy (non-hydrogen) atoms. The monoisotopic (exact) mass is 602 g/mol. The lowest BCUT2D eigenvalue weighted by Gasteiger charge is -2.49. The van der Waals surface area contributed by atoms with E-state index < -0.39 is 53.1 Å². The Bertz CT molecular complexity index is 1350. The number of benzene rings is 1. The number of rotatable bonds is 10. The molecule has 2 aliphatic heterocycles. The Kier molecular flexibility index (Phi) is 8.71. The molecule has 1 fully saturated rings. The van der Waals surface area contributed by atoms with E-state index in [4.69, 9.17) is 10.5 Å². The van der Waals surface area contributed by atoms with Gasteiger partial charge in [0.05, 0.1) is 12.8 Å². The van der Waals surface area contributed by atoms with Gasteiger partial charge in [0.25, 0.3) is 5.91 Å². The van der Waals surface area contributed by atoms with Crippen molar-refractivity contribution >= 4 is 47.3 Å². The maximum absolute atomic E-state index is 12.9. The van der Waals surface area contributed by atoms with Crippen LogP contribution in [0.2, 0.25) is 0 Å². The summed E-state index contributed by atoms with van der Waals surface area (Å²) in [5, 5.41) is 22.2. The number of amides is 2. The standard InChI is InChI=1S/C22H21F3N6O7S2/c1-37-6-10-4-9(2-3-12(10)38-21(36)22(23,24)25)14(26)17(32)28-15-18(33)31-16(20(34)35)11(8-40-19(15)31)7-39-13-5-27-30-29-13/h2-5,14-15,19H,6-8,26H2,1H3,(H,28,32)(H,34,35)(H,27,29,30). The fourth-order valence-corrected chi connectivity index (χ4v) is 6.20. The van der Waals surface area contributed by atoms with Gasteiger partial charge in [-0.3, -0.25) is 19.6 Å². The van der Waals surface area contributed by atoms with Crippen LogP contribution >= 0.6 is 23.5 Å². The first-order valence-electron chi connectivity index (χ1n) is 11.3. The number of nitrogens with zero attached hydrogens (tertiary/aromatic N) is 3. The molecule has 2 aromatic rings. The van der Waals surface area contributed by atoms with Crippen molar-refractivity contribution in [2.75, 3.05) is 18.6 Å². The van der Waals surface area contributed by atoms with Crippen molar-refractivity contribution in [1.82, 2.24) is 25.6 Å². The summed E-state index contributed by atoms with van der Waals surface area (Å²) in [6.07, 6.45) is -3.74. The number of methoxy groups -OCH3 is 1. The number of carbonyl (C=O) groups is 4. The Morgan fingerprint density at radius 1 is 1.38 bits per heavy atom. The first-order valence-corrected chi connectivity index (χ1v) is 13.3. The van der Waals surface area contributed by atoms with E-state index >= 15 is 0 Å². The first kappa shape index (κ1) is 29.4. The van der Waals surface area contributed by atoms with Gasteiger partial charge in [0.1, 0.15) is 33.9 Å². The van der Waals surface area contributed by atoms with Crippen molar-refractivity contribution in [3.63, 3.8) is 0 Å². The number of ether oxygens (including phenoxy) is 2. The number of H-pyrrole nitrogens is 1. The summed E-state index contributed by atoms with van der Waals surface area (Å²) in [6, 6.07) is 1.10. The van der Waals surface area contributed by atoms with Gasteiger partial charge in [-0.15, -0.1) is 28.6 Å². The minimum atomic E-state index is -5.22. The predicted molar refractivity (Wildman–Crippen MR) is 133 cm³/mol. The van der Waals surface area contributed by atoms with Crippen LogP contribution in [-0.4, -0.2) is 85.4 Å². The van der Waals surface area contributed by atoms with Crippen molar-refractivity contribution in [1.29, 1.82) is 0 Å². The fraction of sp³-hybridized carbons (Fsp3) is 0.364. The Labute approximate surface area is 232 Å². The number of carbonyl (C=O) groups excluding carboxylic acids is 3. The summed E-state index contributed by atoms with van der Waals surface area (Å²) in [7, 11) is 1.27. The zero-order chi connectivity index (χ0) is 29.2. The number of esters is 1. The van der Waals surface area contributed by atoms with Gasteiger partial charge in [-0.2, -0.15) is 13.2 Å². The third kappa shape index (κ3) is 6.08. The first-order chi connectivity index (χ1) is 18.9. The molecule has 0 bridgehead atoms. The zero-order valence-electron chi connectivity index (χ0n) is 20.4. The molecule has 4 rings (SSSR count). The second-order valence-electron chi connectivity index (χ2n) is 8.43. The number of aromatic amines is 1. The molecule has 1 aromatic carbocycles. The number of halogens is 3. The molecular formula is C22H21F3N6O7S2. The normalized spacial score (nSPS) is 19.5. The van der Waals surface area contributed by atoms with Crippen LogP contribution in [-0.2, 0) is 30.5 Å². The van der Waals surface area contributed by atoms with E-state index in [1.807, 2.05) is 0 Å². The number of nitrogens with two attached hydrogens (primary N) is 1. The number of carboxylic acid groups (broad SMARTS) is 1. The van der Waals surface area contributed by atoms with Gasteiger partial charge in [-0.05, 0) is 23.3 Å². The van der Waals surface area contributed by atoms with Gasteiger partial charge in [0.15, 0.2) is 0 Å². The largest absolute Gasteiger partial charge is 0.491 e. The van der Waals surface area contributed by atoms with Crippen molar-refractivity contribution in [2.45, 2.75) is 35.3 Å². The summed E-state index contributed by atoms with van der Waals surface area (Å²) in [5.74, 6) is -4.97. The van der Waals surface area contributed by atoms with Crippen LogP contribution in [0.1, 0.15) is 17.2 Å². The Morgan fingerprint density at radius 2 is 2.12 bits per heavy atom. The second kappa shape index (κ2) is 11.9. The lowest BCUT2D eigenvalue weighted by molar-refractivity contribution is -0.189. The molecule has 2 amide bonds. The second-order valence-corrected chi connectivity index (χ2v) is 10.5. The fourth-order valence-electron chi connectivity index (χ4n) is 3.93. The van der Waals surface area contributed by atoms with Crippen LogP contribution in [0.15, 0.2) is 40.7 Å². The van der Waals surface area contributed by atoms with Crippen LogP contribution in [0.4, 0.5) is 13.2 Å². The smallest absolute Gasteiger partial charge is 0.477 e. The SMILES string of the molecule is COCc1cc(C(N)C(=O)NC2C(=O)N3C(C(=O)O)=C(CSc4cnn[nH]4)CSC23)ccc1OC(=O)C(F)(F)F. The molecule has 0 aliphatic carbocycles. The van der Waals surface area contributed by atoms with Crippen LogP contribution in [0.5, 0.6) is 5.75 Å². The van der Waals surface area contributed by atoms with Crippen molar-refractivity contribution in [3.05, 3.63) is 46.8 Å². The highest BCUT2D eigenvalue weighted by Crippen LogP contribution is 2.41. The van der Waals surface area contributed by atoms with E-state index in [1.54, 1.807) is 0 Å². The molecule has 1 saturated heterocycles. The lowest BCUT2D eigenvalue weighted by Crippen LogP contribution is -2.71. The van der Waals surface area contributed by atoms with Crippen LogP contribution in [0.25, 0.3) is 0 Å². The average molecular weight is 603 g/mol. The van der Waals surface area contributed by atoms with Gasteiger partial charge < -0.3 is 25.6 Å². The topological polar surface area (TPSA) is 190 Å². The number of hydrogen-bond acceptors (Lipinski definition) is 11. The molecule has 3 unspecified atom stereocenters. The van der Waals surface area contributed by atoms with Crippen LogP contribution < -0.4 is 15.8 Å². The molecule has 0 radical (unpaired) electrons. The molecule has 3 heterocycles. The highest BCUT2D eigenvalue weighted by atomic mass is 32.2. The molecule has 1 aromatic heterocycles. The summed E-state index contributed by atoms with van der Waals surface area (Å²) >= 11 is 2.55. The summed E-state index contributed by atoms with van der Waals surface area (Å²) < 4.78 is 47.2. The number of carboxylic acids is 1. The molecule has 13 nitrogen and oxygen atoms in total. The van der Waals surface area contributed by atoms with Gasteiger partial charge >= 0.3 is 18.1 Å². The Balaban J connectivity index is 1.45. The average Bonchev–Trinajstić information content (AvgIpc) is 3.43. The summed E-state index contributed by atoms with van der Waals surface area (Å²) in [4.78, 5) is 50.2. The minimum Gasteiger partial charge on any atom is -0.477 e. The summed E-state index contributed by atoms with van der Waals surface area (Å²) in [6.45, 7) is -0.251. The third-order valence-corrected chi connectivity index (χ3v) is 8.14. The van der Waals surface area contributed by atoms with E-state index in [9.17, 15) is 37.5 Å². The van der Waals surface area contributed by atoms with Crippen LogP contribution in [0.3, 0.4) is 0 Å². The highest BCUT2D eigenvalue weighted by molar-refractivity contribution is 8.01. The number of fused-ring (bicyclic) bond motifs is 1. The van der Waals surface area contributed by atoms with Crippen LogP contribution in [0, 0.1) is 0 Å². The molecule has 0 saturated carbocycles. The van der Waals surface area contributed by atoms with Gasteiger partial charge in [0.2, 0.25) is 5.91 Å². The minimum absolute atomic E-state index is 0.0297. The van der Waals surface area contributed by atoms with Gasteiger partial charge in [-0.1, -0.05) is 11.3 Å². The van der Waals surface area contributed by atoms with Gasteiger partial charge in [0, 0.05) is 24.2 Å². The number of nitrogens with one attached hydrogen (secondary N) is 2. The molecule has 3 atom stereocenters. The number of aliphatic carboxylic acids is 1. The van der Waals surface area contributed by atoms with Crippen molar-refractivity contribution in [2.24, 2.45) is 5.73 Å². The van der Waals surface area contributed by atoms with E-state index in [0.29, 0.717) is 16.4 Å². The maximum Gasteiger partial charge on any atom is 0.491 e. The number of hydrogen-bond donors (Lipinski definition) is 4. The third-order valence-electron chi connectivity index (χ3n) is 5.80. The van der Waals surface area contributed by atoms with Crippen molar-refractivity contribution < 1.29 is 46.9 Å². The van der Waals surface area contributed by atoms with E-state index in [0.717, 1.165) is 11.0 Å². The zero-order valence-corrected chi connectivity index (χ0v) is 22.1. The summed E-state index contributed by atoms with van der Waals surface area (Å²) in [5.41, 5.74) is 6.59. The van der Waals surface area contributed by atoms with E-state index in [1.165, 1.54) is 49.0 Å². The molecular weight excluding hydrogens is 581 g/mol. The van der Waals surface area contributed by atoms with E-state index in [2.05, 4.69) is 25.5 Å². The lowest BCUT2D eigenvalue weighted by atomic mass is 10.0. The number of β-lactam (4-membered cyclic amide) rings is 1. The van der Waals surface area contributed by atoms with Gasteiger partial charge in [-0.25, -0.2) is 9.59 Å². The number of aromatic nitrogens is 3. The number of alkyl halides is 3. The van der Waals surface area contributed by atoms with Crippen molar-refractivity contribution in [3.8, 4) is 5.75 Å². The molecule has 0 spiro atoms.